The lowest BCUT2D eigenvalue weighted by molar-refractivity contribution is -0.126. The average molecular weight is 251 g/mol. The minimum Gasteiger partial charge on any atom is -0.492 e. The first kappa shape index (κ1) is 14.0. The fourth-order valence-corrected chi connectivity index (χ4v) is 1.30. The highest BCUT2D eigenvalue weighted by molar-refractivity contribution is 5.87. The van der Waals surface area contributed by atoms with Gasteiger partial charge in [-0.3, -0.25) is 9.59 Å². The Morgan fingerprint density at radius 2 is 1.94 bits per heavy atom. The van der Waals surface area contributed by atoms with Crippen LogP contribution >= 0.6 is 0 Å². The van der Waals surface area contributed by atoms with Gasteiger partial charge in [0.25, 0.3) is 0 Å². The van der Waals surface area contributed by atoms with Crippen molar-refractivity contribution in [2.45, 2.75) is 12.5 Å². The van der Waals surface area contributed by atoms with Crippen LogP contribution in [-0.2, 0) is 9.59 Å². The van der Waals surface area contributed by atoms with Gasteiger partial charge < -0.3 is 21.5 Å². The second-order valence-electron chi connectivity index (χ2n) is 3.73. The van der Waals surface area contributed by atoms with Gasteiger partial charge >= 0.3 is 0 Å². The first-order valence-electron chi connectivity index (χ1n) is 5.59. The van der Waals surface area contributed by atoms with Gasteiger partial charge in [-0.1, -0.05) is 18.2 Å². The minimum atomic E-state index is -0.903. The van der Waals surface area contributed by atoms with Crippen LogP contribution in [-0.4, -0.2) is 31.0 Å². The first-order valence-corrected chi connectivity index (χ1v) is 5.59. The molecule has 0 saturated carbocycles. The second kappa shape index (κ2) is 7.29. The molecule has 1 aromatic carbocycles. The third kappa shape index (κ3) is 5.31. The molecule has 6 nitrogen and oxygen atoms in total. The van der Waals surface area contributed by atoms with E-state index in [2.05, 4.69) is 5.32 Å². The lowest BCUT2D eigenvalue weighted by Crippen LogP contribution is -2.44. The zero-order chi connectivity index (χ0) is 13.4. The van der Waals surface area contributed by atoms with E-state index < -0.39 is 17.9 Å². The Bertz CT molecular complexity index is 395. The van der Waals surface area contributed by atoms with E-state index in [-0.39, 0.29) is 6.42 Å². The summed E-state index contributed by atoms with van der Waals surface area (Å²) in [5.74, 6) is -0.281. The molecule has 1 unspecified atom stereocenters. The normalized spacial score (nSPS) is 11.6. The molecule has 18 heavy (non-hydrogen) atoms. The highest BCUT2D eigenvalue weighted by atomic mass is 16.5. The van der Waals surface area contributed by atoms with E-state index in [9.17, 15) is 9.59 Å². The molecule has 1 aromatic rings. The standard InChI is InChI=1S/C12H17N3O3/c13-10(8-11(14)16)12(17)15-6-7-18-9-4-2-1-3-5-9/h1-5,10H,6-8,13H2,(H2,14,16)(H,15,17). The number of nitrogens with one attached hydrogen (secondary N) is 1. The van der Waals surface area contributed by atoms with Crippen LogP contribution in [0.4, 0.5) is 0 Å². The van der Waals surface area contributed by atoms with Crippen molar-refractivity contribution in [3.05, 3.63) is 30.3 Å². The third-order valence-corrected chi connectivity index (χ3v) is 2.17. The van der Waals surface area contributed by atoms with Crippen molar-refractivity contribution in [1.82, 2.24) is 5.32 Å². The highest BCUT2D eigenvalue weighted by Gasteiger charge is 2.14. The monoisotopic (exact) mass is 251 g/mol. The van der Waals surface area contributed by atoms with Gasteiger partial charge in [-0.2, -0.15) is 0 Å². The lowest BCUT2D eigenvalue weighted by Gasteiger charge is -2.11. The quantitative estimate of drug-likeness (QED) is 0.561. The molecule has 0 fully saturated rings. The van der Waals surface area contributed by atoms with E-state index in [1.165, 1.54) is 0 Å². The first-order chi connectivity index (χ1) is 8.59. The van der Waals surface area contributed by atoms with Crippen LogP contribution in [0, 0.1) is 0 Å². The molecule has 2 amide bonds. The molecule has 0 aliphatic carbocycles. The maximum atomic E-state index is 11.4. The summed E-state index contributed by atoms with van der Waals surface area (Å²) in [6.45, 7) is 0.652. The van der Waals surface area contributed by atoms with E-state index >= 15 is 0 Å². The topological polar surface area (TPSA) is 107 Å². The number of carbonyl (C=O) groups excluding carboxylic acids is 2. The average Bonchev–Trinajstić information content (AvgIpc) is 2.34. The summed E-state index contributed by atoms with van der Waals surface area (Å²) in [5, 5.41) is 2.56. The summed E-state index contributed by atoms with van der Waals surface area (Å²) in [7, 11) is 0. The summed E-state index contributed by atoms with van der Waals surface area (Å²) in [6, 6.07) is 8.34. The molecule has 0 aliphatic rings. The summed E-state index contributed by atoms with van der Waals surface area (Å²) < 4.78 is 5.37. The summed E-state index contributed by atoms with van der Waals surface area (Å²) in [4.78, 5) is 22.0. The van der Waals surface area contributed by atoms with Gasteiger partial charge in [0.15, 0.2) is 0 Å². The predicted molar refractivity (Wildman–Crippen MR) is 66.7 cm³/mol. The molecule has 0 radical (unpaired) electrons. The molecule has 1 rings (SSSR count). The smallest absolute Gasteiger partial charge is 0.237 e. The van der Waals surface area contributed by atoms with Crippen LogP contribution < -0.4 is 21.5 Å². The van der Waals surface area contributed by atoms with E-state index in [4.69, 9.17) is 16.2 Å². The number of para-hydroxylation sites is 1. The van der Waals surface area contributed by atoms with Crippen molar-refractivity contribution in [2.75, 3.05) is 13.2 Å². The lowest BCUT2D eigenvalue weighted by atomic mass is 10.2. The number of primary amides is 1. The summed E-state index contributed by atoms with van der Waals surface area (Å²) >= 11 is 0. The number of amides is 2. The van der Waals surface area contributed by atoms with Gasteiger partial charge in [0.05, 0.1) is 19.0 Å². The molecule has 0 aromatic heterocycles. The molecule has 0 saturated heterocycles. The fourth-order valence-electron chi connectivity index (χ4n) is 1.30. The van der Waals surface area contributed by atoms with Gasteiger partial charge in [-0.15, -0.1) is 0 Å². The van der Waals surface area contributed by atoms with Crippen LogP contribution in [0.5, 0.6) is 5.75 Å². The van der Waals surface area contributed by atoms with Crippen LogP contribution in [0.3, 0.4) is 0 Å². The summed E-state index contributed by atoms with van der Waals surface area (Å²) in [5.41, 5.74) is 10.4. The van der Waals surface area contributed by atoms with Crippen molar-refractivity contribution in [1.29, 1.82) is 0 Å². The number of nitrogens with two attached hydrogens (primary N) is 2. The molecule has 0 aliphatic heterocycles. The van der Waals surface area contributed by atoms with Gasteiger partial charge in [-0.25, -0.2) is 0 Å². The van der Waals surface area contributed by atoms with E-state index in [0.717, 1.165) is 5.75 Å². The van der Waals surface area contributed by atoms with Crippen molar-refractivity contribution >= 4 is 11.8 Å². The Kier molecular flexibility index (Phi) is 5.66. The second-order valence-corrected chi connectivity index (χ2v) is 3.73. The molecule has 6 heteroatoms. The number of carbonyl (C=O) groups is 2. The Balaban J connectivity index is 2.18. The Hall–Kier alpha value is -2.08. The number of hydrogen-bond acceptors (Lipinski definition) is 4. The molecular weight excluding hydrogens is 234 g/mol. The van der Waals surface area contributed by atoms with Crippen LogP contribution in [0.2, 0.25) is 0 Å². The minimum absolute atomic E-state index is 0.161. The van der Waals surface area contributed by atoms with Crippen LogP contribution in [0.15, 0.2) is 30.3 Å². The van der Waals surface area contributed by atoms with Crippen molar-refractivity contribution < 1.29 is 14.3 Å². The van der Waals surface area contributed by atoms with Gasteiger partial charge in [0.2, 0.25) is 11.8 Å². The molecule has 0 spiro atoms. The van der Waals surface area contributed by atoms with Crippen LogP contribution in [0.1, 0.15) is 6.42 Å². The Morgan fingerprint density at radius 1 is 1.28 bits per heavy atom. The zero-order valence-corrected chi connectivity index (χ0v) is 9.96. The third-order valence-electron chi connectivity index (χ3n) is 2.17. The Morgan fingerprint density at radius 3 is 2.56 bits per heavy atom. The van der Waals surface area contributed by atoms with Crippen LogP contribution in [0.25, 0.3) is 0 Å². The molecule has 98 valence electrons. The zero-order valence-electron chi connectivity index (χ0n) is 9.96. The van der Waals surface area contributed by atoms with Crippen molar-refractivity contribution in [2.24, 2.45) is 11.5 Å². The van der Waals surface area contributed by atoms with Crippen molar-refractivity contribution in [3.8, 4) is 5.75 Å². The number of ether oxygens (including phenoxy) is 1. The largest absolute Gasteiger partial charge is 0.492 e. The Labute approximate surface area is 105 Å². The van der Waals surface area contributed by atoms with Gasteiger partial charge in [-0.05, 0) is 12.1 Å². The maximum absolute atomic E-state index is 11.4. The fraction of sp³-hybridized carbons (Fsp3) is 0.333. The van der Waals surface area contributed by atoms with Crippen molar-refractivity contribution in [3.63, 3.8) is 0 Å². The molecular formula is C12H17N3O3. The SMILES string of the molecule is NC(=O)CC(N)C(=O)NCCOc1ccccc1. The maximum Gasteiger partial charge on any atom is 0.237 e. The van der Waals surface area contributed by atoms with Gasteiger partial charge in [0.1, 0.15) is 12.4 Å². The molecule has 0 bridgehead atoms. The molecule has 5 N–H and O–H groups in total. The molecule has 0 heterocycles. The summed E-state index contributed by atoms with van der Waals surface area (Å²) in [6.07, 6.45) is -0.161. The number of benzene rings is 1. The van der Waals surface area contributed by atoms with E-state index in [1.807, 2.05) is 30.3 Å². The highest BCUT2D eigenvalue weighted by Crippen LogP contribution is 2.07. The molecule has 1 atom stereocenters. The van der Waals surface area contributed by atoms with E-state index in [0.29, 0.717) is 13.2 Å². The predicted octanol–water partition coefficient (Wildman–Crippen LogP) is -0.616. The van der Waals surface area contributed by atoms with Gasteiger partial charge in [0, 0.05) is 0 Å². The number of rotatable bonds is 7. The van der Waals surface area contributed by atoms with E-state index in [1.54, 1.807) is 0 Å². The number of hydrogen-bond donors (Lipinski definition) is 3.